The number of halogens is 2. The van der Waals surface area contributed by atoms with Crippen LogP contribution in [-0.2, 0) is 4.74 Å². The van der Waals surface area contributed by atoms with E-state index >= 15 is 0 Å². The van der Waals surface area contributed by atoms with E-state index in [9.17, 15) is 0 Å². The number of hydrogen-bond acceptors (Lipinski definition) is 4. The minimum atomic E-state index is 0.442. The zero-order chi connectivity index (χ0) is 24.9. The van der Waals surface area contributed by atoms with Crippen molar-refractivity contribution in [3.63, 3.8) is 0 Å². The molecule has 5 nitrogen and oxygen atoms in total. The molecule has 184 valence electrons. The number of nitrogens with one attached hydrogen (secondary N) is 2. The van der Waals surface area contributed by atoms with E-state index in [0.29, 0.717) is 28.4 Å². The number of benzene rings is 3. The summed E-state index contributed by atoms with van der Waals surface area (Å²) in [6.07, 6.45) is 5.83. The van der Waals surface area contributed by atoms with Gasteiger partial charge in [0.2, 0.25) is 0 Å². The van der Waals surface area contributed by atoms with Crippen molar-refractivity contribution in [2.75, 3.05) is 31.6 Å². The summed E-state index contributed by atoms with van der Waals surface area (Å²) in [4.78, 5) is 2.38. The molecule has 1 aliphatic heterocycles. The SMILES string of the molecule is S=C(NN=CC1=C(N2CCOCC2)C(=Cc2ccc(Cl)cc2Cl)CC1)Nc1cccc2ccccc12. The molecule has 3 aromatic rings. The van der Waals surface area contributed by atoms with Crippen LogP contribution in [0.25, 0.3) is 16.8 Å². The van der Waals surface area contributed by atoms with Crippen molar-refractivity contribution in [2.45, 2.75) is 12.8 Å². The Bertz CT molecular complexity index is 1370. The summed E-state index contributed by atoms with van der Waals surface area (Å²) >= 11 is 18.1. The number of hydrazone groups is 1. The van der Waals surface area contributed by atoms with Crippen LogP contribution in [0.3, 0.4) is 0 Å². The summed E-state index contributed by atoms with van der Waals surface area (Å²) in [7, 11) is 0. The van der Waals surface area contributed by atoms with E-state index in [1.54, 1.807) is 6.07 Å². The number of hydrogen-bond donors (Lipinski definition) is 2. The molecule has 2 N–H and O–H groups in total. The predicted octanol–water partition coefficient (Wildman–Crippen LogP) is 6.88. The molecule has 1 fully saturated rings. The summed E-state index contributed by atoms with van der Waals surface area (Å²) in [6.45, 7) is 3.10. The lowest BCUT2D eigenvalue weighted by atomic mass is 10.1. The smallest absolute Gasteiger partial charge is 0.191 e. The maximum absolute atomic E-state index is 6.46. The molecule has 0 unspecified atom stereocenters. The van der Waals surface area contributed by atoms with Gasteiger partial charge in [0.1, 0.15) is 0 Å². The van der Waals surface area contributed by atoms with E-state index in [4.69, 9.17) is 40.2 Å². The lowest BCUT2D eigenvalue weighted by molar-refractivity contribution is 0.0548. The van der Waals surface area contributed by atoms with Crippen molar-refractivity contribution < 1.29 is 4.74 Å². The van der Waals surface area contributed by atoms with Crippen molar-refractivity contribution >= 4 is 69.3 Å². The van der Waals surface area contributed by atoms with Gasteiger partial charge in [0.05, 0.1) is 19.4 Å². The first-order valence-electron chi connectivity index (χ1n) is 11.9. The average molecular weight is 538 g/mol. The zero-order valence-corrected chi connectivity index (χ0v) is 22.0. The van der Waals surface area contributed by atoms with E-state index in [1.807, 2.05) is 42.6 Å². The van der Waals surface area contributed by atoms with Crippen LogP contribution in [0.15, 0.2) is 82.6 Å². The molecule has 36 heavy (non-hydrogen) atoms. The van der Waals surface area contributed by atoms with Crippen LogP contribution in [0, 0.1) is 0 Å². The number of thiocarbonyl (C=S) groups is 1. The summed E-state index contributed by atoms with van der Waals surface area (Å²) < 4.78 is 5.59. The normalized spacial score (nSPS) is 17.4. The zero-order valence-electron chi connectivity index (χ0n) is 19.6. The Morgan fingerprint density at radius 3 is 2.64 bits per heavy atom. The Kier molecular flexibility index (Phi) is 7.87. The third kappa shape index (κ3) is 5.73. The predicted molar refractivity (Wildman–Crippen MR) is 155 cm³/mol. The van der Waals surface area contributed by atoms with Crippen LogP contribution in [-0.4, -0.2) is 42.5 Å². The van der Waals surface area contributed by atoms with Crippen LogP contribution >= 0.6 is 35.4 Å². The van der Waals surface area contributed by atoms with Gasteiger partial charge < -0.3 is 15.0 Å². The van der Waals surface area contributed by atoms with E-state index in [-0.39, 0.29) is 0 Å². The third-order valence-corrected chi connectivity index (χ3v) is 7.07. The first-order valence-corrected chi connectivity index (χ1v) is 13.0. The average Bonchev–Trinajstić information content (AvgIpc) is 3.28. The van der Waals surface area contributed by atoms with Crippen LogP contribution in [0.1, 0.15) is 18.4 Å². The highest BCUT2D eigenvalue weighted by molar-refractivity contribution is 7.80. The van der Waals surface area contributed by atoms with Crippen LogP contribution in [0.4, 0.5) is 5.69 Å². The quantitative estimate of drug-likeness (QED) is 0.211. The fraction of sp³-hybridized carbons (Fsp3) is 0.214. The van der Waals surface area contributed by atoms with Crippen molar-refractivity contribution in [3.05, 3.63) is 93.1 Å². The lowest BCUT2D eigenvalue weighted by Crippen LogP contribution is -2.36. The van der Waals surface area contributed by atoms with Gasteiger partial charge >= 0.3 is 0 Å². The second-order valence-corrected chi connectivity index (χ2v) is 9.91. The van der Waals surface area contributed by atoms with Gasteiger partial charge in [-0.1, -0.05) is 65.7 Å². The molecular weight excluding hydrogens is 511 g/mol. The number of nitrogens with zero attached hydrogens (tertiary/aromatic N) is 2. The van der Waals surface area contributed by atoms with Gasteiger partial charge in [-0.05, 0) is 71.4 Å². The highest BCUT2D eigenvalue weighted by atomic mass is 35.5. The van der Waals surface area contributed by atoms with Crippen LogP contribution in [0.2, 0.25) is 10.0 Å². The van der Waals surface area contributed by atoms with Crippen LogP contribution < -0.4 is 10.7 Å². The standard InChI is InChI=1S/C28H26Cl2N4OS/c29-23-11-10-20(25(30)17-23)16-21-8-9-22(27(21)34-12-14-35-15-13-34)18-31-33-28(36)32-26-7-3-5-19-4-1-2-6-24(19)26/h1-7,10-11,16-18H,8-9,12-15H2,(H2,32,33,36). The highest BCUT2D eigenvalue weighted by Crippen LogP contribution is 2.36. The maximum Gasteiger partial charge on any atom is 0.191 e. The molecule has 0 saturated carbocycles. The van der Waals surface area contributed by atoms with E-state index < -0.39 is 0 Å². The Balaban J connectivity index is 1.35. The molecular formula is C28H26Cl2N4OS. The third-order valence-electron chi connectivity index (χ3n) is 6.32. The minimum Gasteiger partial charge on any atom is -0.378 e. The fourth-order valence-electron chi connectivity index (χ4n) is 4.63. The number of ether oxygens (including phenoxy) is 1. The van der Waals surface area contributed by atoms with Gasteiger partial charge in [0.25, 0.3) is 0 Å². The molecule has 8 heteroatoms. The number of rotatable bonds is 5. The van der Waals surface area contributed by atoms with Crippen molar-refractivity contribution in [1.82, 2.24) is 10.3 Å². The van der Waals surface area contributed by atoms with Gasteiger partial charge in [0.15, 0.2) is 5.11 Å². The van der Waals surface area contributed by atoms with E-state index in [2.05, 4.69) is 45.0 Å². The molecule has 1 aliphatic carbocycles. The van der Waals surface area contributed by atoms with Crippen molar-refractivity contribution in [3.8, 4) is 0 Å². The maximum atomic E-state index is 6.46. The summed E-state index contributed by atoms with van der Waals surface area (Å²) in [5, 5.41) is 11.7. The molecule has 1 saturated heterocycles. The number of morpholine rings is 1. The first-order chi connectivity index (χ1) is 17.6. The van der Waals surface area contributed by atoms with E-state index in [0.717, 1.165) is 53.5 Å². The topological polar surface area (TPSA) is 48.9 Å². The molecule has 2 aliphatic rings. The Morgan fingerprint density at radius 2 is 1.81 bits per heavy atom. The molecule has 1 heterocycles. The number of fused-ring (bicyclic) bond motifs is 1. The van der Waals surface area contributed by atoms with Crippen molar-refractivity contribution in [2.24, 2.45) is 5.10 Å². The highest BCUT2D eigenvalue weighted by Gasteiger charge is 2.25. The van der Waals surface area contributed by atoms with Gasteiger partial charge in [-0.2, -0.15) is 5.10 Å². The minimum absolute atomic E-state index is 0.442. The molecule has 0 bridgehead atoms. The lowest BCUT2D eigenvalue weighted by Gasteiger charge is -2.31. The second-order valence-electron chi connectivity index (χ2n) is 8.66. The monoisotopic (exact) mass is 536 g/mol. The molecule has 0 amide bonds. The summed E-state index contributed by atoms with van der Waals surface area (Å²) in [5.74, 6) is 0. The van der Waals surface area contributed by atoms with Gasteiger partial charge in [-0.25, -0.2) is 0 Å². The van der Waals surface area contributed by atoms with E-state index in [1.165, 1.54) is 11.3 Å². The molecule has 3 aromatic carbocycles. The molecule has 0 radical (unpaired) electrons. The Hall–Kier alpha value is -2.90. The van der Waals surface area contributed by atoms with Gasteiger partial charge in [-0.15, -0.1) is 0 Å². The Morgan fingerprint density at radius 1 is 1.00 bits per heavy atom. The molecule has 5 rings (SSSR count). The number of allylic oxidation sites excluding steroid dienone is 2. The fourth-order valence-corrected chi connectivity index (χ4v) is 5.26. The van der Waals surface area contributed by atoms with Crippen molar-refractivity contribution in [1.29, 1.82) is 0 Å². The molecule has 0 aromatic heterocycles. The van der Waals surface area contributed by atoms with Gasteiger partial charge in [0, 0.05) is 39.9 Å². The second kappa shape index (κ2) is 11.4. The summed E-state index contributed by atoms with van der Waals surface area (Å²) in [6, 6.07) is 19.9. The molecule has 0 spiro atoms. The first kappa shape index (κ1) is 24.8. The largest absolute Gasteiger partial charge is 0.378 e. The van der Waals surface area contributed by atoms with Crippen LogP contribution in [0.5, 0.6) is 0 Å². The number of anilines is 1. The molecule has 0 atom stereocenters. The van der Waals surface area contributed by atoms with Gasteiger partial charge in [-0.3, -0.25) is 5.43 Å². The summed E-state index contributed by atoms with van der Waals surface area (Å²) in [5.41, 5.74) is 8.48. The Labute approximate surface area is 226 Å².